The predicted octanol–water partition coefficient (Wildman–Crippen LogP) is 0.867. The monoisotopic (exact) mass is 376 g/mol. The van der Waals surface area contributed by atoms with Gasteiger partial charge in [0.2, 0.25) is 5.91 Å². The molecule has 0 spiro atoms. The van der Waals surface area contributed by atoms with Crippen molar-refractivity contribution in [3.63, 3.8) is 0 Å². The van der Waals surface area contributed by atoms with Crippen LogP contribution in [0, 0.1) is 13.8 Å². The molecule has 1 aromatic heterocycles. The number of carbonyl (C=O) groups excluding carboxylic acids is 1. The first-order valence-corrected chi connectivity index (χ1v) is 9.88. The Hall–Kier alpha value is -2.09. The van der Waals surface area contributed by atoms with Gasteiger partial charge in [-0.25, -0.2) is 0 Å². The van der Waals surface area contributed by atoms with E-state index < -0.39 is 0 Å². The van der Waals surface area contributed by atoms with Crippen LogP contribution in [-0.2, 0) is 4.79 Å². The maximum atomic E-state index is 12.0. The Morgan fingerprint density at radius 2 is 2.00 bits per heavy atom. The van der Waals surface area contributed by atoms with E-state index in [0.29, 0.717) is 18.5 Å². The van der Waals surface area contributed by atoms with Gasteiger partial charge in [0.1, 0.15) is 5.76 Å². The molecule has 1 aliphatic carbocycles. The minimum atomic E-state index is 0.154. The molecule has 150 valence electrons. The number of aliphatic imine (C=N–C) groups is 1. The SMILES string of the molecule is CN=C(NCC(C)c1c(C)noc1C)N1CCN(CC(=O)NC2CC2)CC1. The van der Waals surface area contributed by atoms with Crippen molar-refractivity contribution in [1.82, 2.24) is 25.6 Å². The Balaban J connectivity index is 1.44. The van der Waals surface area contributed by atoms with Gasteiger partial charge in [-0.1, -0.05) is 12.1 Å². The zero-order valence-corrected chi connectivity index (χ0v) is 16.9. The van der Waals surface area contributed by atoms with E-state index in [1.165, 1.54) is 5.56 Å². The van der Waals surface area contributed by atoms with Crippen molar-refractivity contribution in [2.75, 3.05) is 46.3 Å². The molecule has 8 heteroatoms. The minimum Gasteiger partial charge on any atom is -0.361 e. The fourth-order valence-electron chi connectivity index (χ4n) is 3.69. The number of nitrogens with one attached hydrogen (secondary N) is 2. The summed E-state index contributed by atoms with van der Waals surface area (Å²) in [5, 5.41) is 10.6. The lowest BCUT2D eigenvalue weighted by atomic mass is 10.00. The maximum Gasteiger partial charge on any atom is 0.234 e. The molecule has 1 unspecified atom stereocenters. The first kappa shape index (κ1) is 19.7. The van der Waals surface area contributed by atoms with Crippen molar-refractivity contribution in [3.8, 4) is 0 Å². The first-order chi connectivity index (χ1) is 13.0. The van der Waals surface area contributed by atoms with Gasteiger partial charge >= 0.3 is 0 Å². The molecule has 3 rings (SSSR count). The second-order valence-corrected chi connectivity index (χ2v) is 7.67. The molecule has 2 fully saturated rings. The van der Waals surface area contributed by atoms with Gasteiger partial charge in [-0.2, -0.15) is 0 Å². The Kier molecular flexibility index (Phi) is 6.36. The number of piperazine rings is 1. The van der Waals surface area contributed by atoms with Crippen LogP contribution in [0.5, 0.6) is 0 Å². The van der Waals surface area contributed by atoms with Crippen molar-refractivity contribution in [1.29, 1.82) is 0 Å². The topological polar surface area (TPSA) is 86.0 Å². The molecule has 0 radical (unpaired) electrons. The molecule has 1 saturated carbocycles. The second-order valence-electron chi connectivity index (χ2n) is 7.67. The predicted molar refractivity (Wildman–Crippen MR) is 105 cm³/mol. The molecule has 1 saturated heterocycles. The number of guanidine groups is 1. The summed E-state index contributed by atoms with van der Waals surface area (Å²) in [5.41, 5.74) is 2.12. The number of aryl methyl sites for hydroxylation is 2. The molecule has 2 N–H and O–H groups in total. The molecule has 27 heavy (non-hydrogen) atoms. The van der Waals surface area contributed by atoms with Gasteiger partial charge in [0.15, 0.2) is 5.96 Å². The van der Waals surface area contributed by atoms with Crippen molar-refractivity contribution >= 4 is 11.9 Å². The summed E-state index contributed by atoms with van der Waals surface area (Å²) in [6.07, 6.45) is 2.27. The van der Waals surface area contributed by atoms with E-state index in [1.807, 2.05) is 20.9 Å². The highest BCUT2D eigenvalue weighted by atomic mass is 16.5. The van der Waals surface area contributed by atoms with Gasteiger partial charge in [0.25, 0.3) is 0 Å². The highest BCUT2D eigenvalue weighted by Crippen LogP contribution is 2.22. The van der Waals surface area contributed by atoms with E-state index in [-0.39, 0.29) is 5.91 Å². The number of rotatable bonds is 6. The molecule has 1 aromatic rings. The number of hydrogen-bond donors (Lipinski definition) is 2. The zero-order valence-electron chi connectivity index (χ0n) is 16.9. The van der Waals surface area contributed by atoms with Crippen LogP contribution in [0.1, 0.15) is 42.7 Å². The van der Waals surface area contributed by atoms with Crippen LogP contribution in [0.2, 0.25) is 0 Å². The Bertz CT molecular complexity index is 654. The van der Waals surface area contributed by atoms with E-state index in [9.17, 15) is 4.79 Å². The van der Waals surface area contributed by atoms with Gasteiger partial charge in [-0.3, -0.25) is 14.7 Å². The molecule has 1 atom stereocenters. The van der Waals surface area contributed by atoms with Crippen molar-refractivity contribution in [3.05, 3.63) is 17.0 Å². The van der Waals surface area contributed by atoms with Gasteiger partial charge in [0.05, 0.1) is 12.2 Å². The molecule has 1 aliphatic heterocycles. The molecule has 0 aromatic carbocycles. The molecule has 0 bridgehead atoms. The lowest BCUT2D eigenvalue weighted by molar-refractivity contribution is -0.122. The maximum absolute atomic E-state index is 12.0. The number of nitrogens with zero attached hydrogens (tertiary/aromatic N) is 4. The van der Waals surface area contributed by atoms with E-state index >= 15 is 0 Å². The molecule has 1 amide bonds. The van der Waals surface area contributed by atoms with Crippen LogP contribution in [0.25, 0.3) is 0 Å². The molecule has 8 nitrogen and oxygen atoms in total. The quantitative estimate of drug-likeness (QED) is 0.566. The standard InChI is InChI=1S/C19H32N6O2/c1-13(18-14(2)23-27-15(18)3)11-21-19(20-4)25-9-7-24(8-10-25)12-17(26)22-16-5-6-16/h13,16H,5-12H2,1-4H3,(H,20,21)(H,22,26). The van der Waals surface area contributed by atoms with Crippen LogP contribution in [0.3, 0.4) is 0 Å². The third-order valence-electron chi connectivity index (χ3n) is 5.34. The van der Waals surface area contributed by atoms with Crippen molar-refractivity contribution < 1.29 is 9.32 Å². The largest absolute Gasteiger partial charge is 0.361 e. The van der Waals surface area contributed by atoms with Gasteiger partial charge in [0, 0.05) is 57.3 Å². The lowest BCUT2D eigenvalue weighted by Crippen LogP contribution is -2.54. The van der Waals surface area contributed by atoms with E-state index in [4.69, 9.17) is 4.52 Å². The highest BCUT2D eigenvalue weighted by molar-refractivity contribution is 5.80. The van der Waals surface area contributed by atoms with Crippen LogP contribution < -0.4 is 10.6 Å². The smallest absolute Gasteiger partial charge is 0.234 e. The third-order valence-corrected chi connectivity index (χ3v) is 5.34. The van der Waals surface area contributed by atoms with E-state index in [1.54, 1.807) is 0 Å². The van der Waals surface area contributed by atoms with Gasteiger partial charge in [-0.15, -0.1) is 0 Å². The van der Waals surface area contributed by atoms with Gasteiger partial charge in [-0.05, 0) is 26.7 Å². The number of aromatic nitrogens is 1. The second kappa shape index (κ2) is 8.73. The third kappa shape index (κ3) is 5.22. The number of carbonyl (C=O) groups is 1. The zero-order chi connectivity index (χ0) is 19.4. The summed E-state index contributed by atoms with van der Waals surface area (Å²) in [5.74, 6) is 2.24. The van der Waals surface area contributed by atoms with Crippen LogP contribution in [0.4, 0.5) is 0 Å². The van der Waals surface area contributed by atoms with Crippen LogP contribution in [0.15, 0.2) is 9.52 Å². The van der Waals surface area contributed by atoms with Crippen molar-refractivity contribution in [2.24, 2.45) is 4.99 Å². The van der Waals surface area contributed by atoms with Crippen LogP contribution >= 0.6 is 0 Å². The summed E-state index contributed by atoms with van der Waals surface area (Å²) >= 11 is 0. The lowest BCUT2D eigenvalue weighted by Gasteiger charge is -2.36. The van der Waals surface area contributed by atoms with Gasteiger partial charge < -0.3 is 20.1 Å². The molecule has 2 aliphatic rings. The normalized spacial score (nSPS) is 19.9. The summed E-state index contributed by atoms with van der Waals surface area (Å²) in [7, 11) is 1.82. The summed E-state index contributed by atoms with van der Waals surface area (Å²) < 4.78 is 5.28. The molecular weight excluding hydrogens is 344 g/mol. The summed E-state index contributed by atoms with van der Waals surface area (Å²) in [6.45, 7) is 10.9. The fraction of sp³-hybridized carbons (Fsp3) is 0.737. The molecule has 2 heterocycles. The van der Waals surface area contributed by atoms with Crippen LogP contribution in [-0.4, -0.2) is 79.2 Å². The Morgan fingerprint density at radius 3 is 2.56 bits per heavy atom. The number of hydrogen-bond acceptors (Lipinski definition) is 5. The summed E-state index contributed by atoms with van der Waals surface area (Å²) in [4.78, 5) is 20.9. The number of amides is 1. The summed E-state index contributed by atoms with van der Waals surface area (Å²) in [6, 6.07) is 0.432. The highest BCUT2D eigenvalue weighted by Gasteiger charge is 2.26. The first-order valence-electron chi connectivity index (χ1n) is 9.88. The van der Waals surface area contributed by atoms with Crippen molar-refractivity contribution in [2.45, 2.75) is 45.6 Å². The van der Waals surface area contributed by atoms with E-state index in [0.717, 1.165) is 63.0 Å². The Morgan fingerprint density at radius 1 is 1.30 bits per heavy atom. The average Bonchev–Trinajstić information content (AvgIpc) is 3.39. The average molecular weight is 377 g/mol. The minimum absolute atomic E-state index is 0.154. The van der Waals surface area contributed by atoms with E-state index in [2.05, 4.69) is 37.5 Å². The molecular formula is C19H32N6O2. The Labute approximate surface area is 161 Å². The fourth-order valence-corrected chi connectivity index (χ4v) is 3.69.